The number of halogens is 2. The third kappa shape index (κ3) is 3.26. The zero-order valence-electron chi connectivity index (χ0n) is 10.2. The predicted octanol–water partition coefficient (Wildman–Crippen LogP) is 3.88. The summed E-state index contributed by atoms with van der Waals surface area (Å²) in [6, 6.07) is 6.41. The van der Waals surface area contributed by atoms with Gasteiger partial charge >= 0.3 is 11.7 Å². The van der Waals surface area contributed by atoms with Gasteiger partial charge in [-0.25, -0.2) is 9.18 Å². The number of carboxylic acid groups (broad SMARTS) is 1. The molecule has 0 fully saturated rings. The molecule has 0 radical (unpaired) electrons. The molecule has 0 aromatic heterocycles. The van der Waals surface area contributed by atoms with Gasteiger partial charge in [0.15, 0.2) is 0 Å². The van der Waals surface area contributed by atoms with Gasteiger partial charge in [-0.05, 0) is 24.3 Å². The molecule has 108 valence electrons. The van der Waals surface area contributed by atoms with Gasteiger partial charge in [0, 0.05) is 12.1 Å². The highest BCUT2D eigenvalue weighted by molar-refractivity contribution is 6.33. The Kier molecular flexibility index (Phi) is 4.04. The first kappa shape index (κ1) is 14.7. The molecule has 6 nitrogen and oxygen atoms in total. The van der Waals surface area contributed by atoms with Crippen LogP contribution in [0.4, 0.5) is 10.1 Å². The van der Waals surface area contributed by atoms with E-state index in [0.29, 0.717) is 0 Å². The van der Waals surface area contributed by atoms with E-state index < -0.39 is 22.4 Å². The van der Waals surface area contributed by atoms with Crippen LogP contribution in [-0.4, -0.2) is 16.0 Å². The first-order valence-electron chi connectivity index (χ1n) is 5.53. The summed E-state index contributed by atoms with van der Waals surface area (Å²) in [5, 5.41) is 19.8. The van der Waals surface area contributed by atoms with Crippen molar-refractivity contribution in [1.29, 1.82) is 0 Å². The van der Waals surface area contributed by atoms with Crippen molar-refractivity contribution in [2.75, 3.05) is 0 Å². The molecular weight excluding hydrogens is 305 g/mol. The molecule has 0 atom stereocenters. The number of hydrogen-bond donors (Lipinski definition) is 1. The van der Waals surface area contributed by atoms with E-state index in [2.05, 4.69) is 0 Å². The molecule has 0 amide bonds. The van der Waals surface area contributed by atoms with Gasteiger partial charge in [-0.15, -0.1) is 0 Å². The normalized spacial score (nSPS) is 10.2. The lowest BCUT2D eigenvalue weighted by atomic mass is 10.2. The number of carboxylic acids is 1. The van der Waals surface area contributed by atoms with E-state index in [1.165, 1.54) is 12.1 Å². The van der Waals surface area contributed by atoms with E-state index in [1.54, 1.807) is 0 Å². The largest absolute Gasteiger partial charge is 0.478 e. The number of hydrogen-bond acceptors (Lipinski definition) is 4. The molecular formula is C13H7ClFNO5. The minimum atomic E-state index is -1.28. The molecule has 0 aliphatic heterocycles. The quantitative estimate of drug-likeness (QED) is 0.683. The fourth-order valence-corrected chi connectivity index (χ4v) is 1.78. The highest BCUT2D eigenvalue weighted by Gasteiger charge is 2.18. The fourth-order valence-electron chi connectivity index (χ4n) is 1.58. The van der Waals surface area contributed by atoms with Crippen LogP contribution >= 0.6 is 11.6 Å². The van der Waals surface area contributed by atoms with Gasteiger partial charge in [-0.2, -0.15) is 0 Å². The number of nitro groups is 1. The molecule has 0 saturated heterocycles. The predicted molar refractivity (Wildman–Crippen MR) is 71.5 cm³/mol. The summed E-state index contributed by atoms with van der Waals surface area (Å²) in [6.07, 6.45) is 0. The molecule has 1 N–H and O–H groups in total. The zero-order valence-corrected chi connectivity index (χ0v) is 11.0. The second kappa shape index (κ2) is 5.76. The molecule has 2 rings (SSSR count). The Morgan fingerprint density at radius 2 is 2.00 bits per heavy atom. The van der Waals surface area contributed by atoms with Gasteiger partial charge in [-0.1, -0.05) is 11.6 Å². The molecule has 0 heterocycles. The topological polar surface area (TPSA) is 89.7 Å². The van der Waals surface area contributed by atoms with Gasteiger partial charge < -0.3 is 9.84 Å². The maximum atomic E-state index is 13.2. The van der Waals surface area contributed by atoms with Gasteiger partial charge in [0.1, 0.15) is 11.6 Å². The lowest BCUT2D eigenvalue weighted by molar-refractivity contribution is -0.385. The van der Waals surface area contributed by atoms with E-state index >= 15 is 0 Å². The Morgan fingerprint density at radius 1 is 1.29 bits per heavy atom. The summed E-state index contributed by atoms with van der Waals surface area (Å²) in [5.41, 5.74) is -0.670. The van der Waals surface area contributed by atoms with Crippen molar-refractivity contribution in [3.8, 4) is 11.5 Å². The molecule has 0 aliphatic carbocycles. The first-order chi connectivity index (χ1) is 9.88. The SMILES string of the molecule is O=C(O)c1cc(Oc2cc(F)ccc2[N+](=O)[O-])ccc1Cl. The van der Waals surface area contributed by atoms with Crippen LogP contribution in [-0.2, 0) is 0 Å². The number of rotatable bonds is 4. The minimum absolute atomic E-state index is 0.00880. The highest BCUT2D eigenvalue weighted by Crippen LogP contribution is 2.33. The second-order valence-electron chi connectivity index (χ2n) is 3.92. The standard InChI is InChI=1S/C13H7ClFNO5/c14-10-3-2-8(6-9(10)13(17)18)21-12-5-7(15)1-4-11(12)16(19)20/h1-6H,(H,17,18). The number of aromatic carboxylic acids is 1. The average Bonchev–Trinajstić information content (AvgIpc) is 2.40. The number of carbonyl (C=O) groups is 1. The van der Waals surface area contributed by atoms with Crippen LogP contribution in [0.5, 0.6) is 11.5 Å². The van der Waals surface area contributed by atoms with Crippen LogP contribution in [0.3, 0.4) is 0 Å². The average molecular weight is 312 g/mol. The summed E-state index contributed by atoms with van der Waals surface area (Å²) in [5.74, 6) is -2.34. The molecule has 0 bridgehead atoms. The molecule has 0 saturated carbocycles. The Bertz CT molecular complexity index is 734. The van der Waals surface area contributed by atoms with E-state index in [-0.39, 0.29) is 22.1 Å². The van der Waals surface area contributed by atoms with Crippen molar-refractivity contribution < 1.29 is 24.0 Å². The van der Waals surface area contributed by atoms with Crippen molar-refractivity contribution in [2.24, 2.45) is 0 Å². The van der Waals surface area contributed by atoms with Crippen LogP contribution in [0.15, 0.2) is 36.4 Å². The van der Waals surface area contributed by atoms with Crippen molar-refractivity contribution in [3.63, 3.8) is 0 Å². The molecule has 0 spiro atoms. The highest BCUT2D eigenvalue weighted by atomic mass is 35.5. The van der Waals surface area contributed by atoms with Crippen molar-refractivity contribution in [2.45, 2.75) is 0 Å². The van der Waals surface area contributed by atoms with Crippen LogP contribution in [0.2, 0.25) is 5.02 Å². The van der Waals surface area contributed by atoms with Crippen LogP contribution in [0.25, 0.3) is 0 Å². The monoisotopic (exact) mass is 311 g/mol. The summed E-state index contributed by atoms with van der Waals surface area (Å²) in [7, 11) is 0. The first-order valence-corrected chi connectivity index (χ1v) is 5.91. The molecule has 8 heteroatoms. The Balaban J connectivity index is 2.43. The van der Waals surface area contributed by atoms with Crippen molar-refractivity contribution in [3.05, 3.63) is 62.9 Å². The van der Waals surface area contributed by atoms with Gasteiger partial charge in [-0.3, -0.25) is 10.1 Å². The zero-order chi connectivity index (χ0) is 15.6. The summed E-state index contributed by atoms with van der Waals surface area (Å²) in [4.78, 5) is 21.1. The molecule has 2 aromatic carbocycles. The van der Waals surface area contributed by atoms with Crippen molar-refractivity contribution in [1.82, 2.24) is 0 Å². The molecule has 0 unspecified atom stereocenters. The Hall–Kier alpha value is -2.67. The van der Waals surface area contributed by atoms with E-state index in [9.17, 15) is 19.3 Å². The lowest BCUT2D eigenvalue weighted by Gasteiger charge is -2.08. The van der Waals surface area contributed by atoms with E-state index in [1.807, 2.05) is 0 Å². The second-order valence-corrected chi connectivity index (χ2v) is 4.33. The third-order valence-corrected chi connectivity index (χ3v) is 2.84. The maximum absolute atomic E-state index is 13.2. The number of benzene rings is 2. The van der Waals surface area contributed by atoms with Gasteiger partial charge in [0.2, 0.25) is 5.75 Å². The Morgan fingerprint density at radius 3 is 2.62 bits per heavy atom. The lowest BCUT2D eigenvalue weighted by Crippen LogP contribution is -1.99. The van der Waals surface area contributed by atoms with Crippen LogP contribution < -0.4 is 4.74 Å². The number of ether oxygens (including phenoxy) is 1. The number of nitrogens with zero attached hydrogens (tertiary/aromatic N) is 1. The summed E-state index contributed by atoms with van der Waals surface area (Å²) < 4.78 is 18.4. The number of nitro benzene ring substituents is 1. The smallest absolute Gasteiger partial charge is 0.337 e. The van der Waals surface area contributed by atoms with E-state index in [0.717, 1.165) is 24.3 Å². The molecule has 0 aliphatic rings. The summed E-state index contributed by atoms with van der Waals surface area (Å²) in [6.45, 7) is 0. The van der Waals surface area contributed by atoms with Gasteiger partial charge in [0.05, 0.1) is 15.5 Å². The third-order valence-electron chi connectivity index (χ3n) is 2.51. The molecule has 2 aromatic rings. The molecule has 21 heavy (non-hydrogen) atoms. The fraction of sp³-hybridized carbons (Fsp3) is 0. The Labute approximate surface area is 122 Å². The van der Waals surface area contributed by atoms with Gasteiger partial charge in [0.25, 0.3) is 0 Å². The van der Waals surface area contributed by atoms with E-state index in [4.69, 9.17) is 21.4 Å². The minimum Gasteiger partial charge on any atom is -0.478 e. The van der Waals surface area contributed by atoms with Crippen LogP contribution in [0.1, 0.15) is 10.4 Å². The summed E-state index contributed by atoms with van der Waals surface area (Å²) >= 11 is 5.70. The van der Waals surface area contributed by atoms with Crippen molar-refractivity contribution >= 4 is 23.3 Å². The maximum Gasteiger partial charge on any atom is 0.337 e. The van der Waals surface area contributed by atoms with Crippen LogP contribution in [0, 0.1) is 15.9 Å².